The average molecular weight is 421 g/mol. The molecule has 2 aromatic carbocycles. The Morgan fingerprint density at radius 3 is 2.58 bits per heavy atom. The molecule has 0 saturated heterocycles. The van der Waals surface area contributed by atoms with Gasteiger partial charge in [-0.3, -0.25) is 9.59 Å². The van der Waals surface area contributed by atoms with Crippen LogP contribution < -0.4 is 24.8 Å². The maximum Gasteiger partial charge on any atom is 0.272 e. The molecule has 0 unspecified atom stereocenters. The van der Waals surface area contributed by atoms with Crippen molar-refractivity contribution in [1.29, 1.82) is 0 Å². The van der Waals surface area contributed by atoms with Crippen LogP contribution in [0.2, 0.25) is 0 Å². The van der Waals surface area contributed by atoms with Gasteiger partial charge in [-0.05, 0) is 48.0 Å². The van der Waals surface area contributed by atoms with Crippen molar-refractivity contribution in [2.75, 3.05) is 31.5 Å². The van der Waals surface area contributed by atoms with E-state index in [1.807, 2.05) is 12.1 Å². The van der Waals surface area contributed by atoms with Crippen LogP contribution >= 0.6 is 0 Å². The molecule has 1 aliphatic rings. The van der Waals surface area contributed by atoms with Gasteiger partial charge in [0.15, 0.2) is 11.5 Å². The number of nitrogens with one attached hydrogen (secondary N) is 2. The molecule has 0 spiro atoms. The predicted molar refractivity (Wildman–Crippen MR) is 117 cm³/mol. The van der Waals surface area contributed by atoms with E-state index in [-0.39, 0.29) is 11.8 Å². The van der Waals surface area contributed by atoms with Gasteiger partial charge >= 0.3 is 0 Å². The highest BCUT2D eigenvalue weighted by Crippen LogP contribution is 2.37. The van der Waals surface area contributed by atoms with Crippen molar-refractivity contribution in [1.82, 2.24) is 4.57 Å². The molecule has 2 heterocycles. The van der Waals surface area contributed by atoms with Crippen LogP contribution in [0, 0.1) is 0 Å². The largest absolute Gasteiger partial charge is 0.493 e. The normalized spacial score (nSPS) is 12.0. The van der Waals surface area contributed by atoms with Crippen LogP contribution in [0.3, 0.4) is 0 Å². The Labute approximate surface area is 179 Å². The molecule has 8 heteroatoms. The fourth-order valence-corrected chi connectivity index (χ4v) is 3.54. The van der Waals surface area contributed by atoms with E-state index in [9.17, 15) is 9.59 Å². The summed E-state index contributed by atoms with van der Waals surface area (Å²) in [6.45, 7) is 0.645. The Bertz CT molecular complexity index is 1150. The Morgan fingerprint density at radius 1 is 1.03 bits per heavy atom. The third-order valence-corrected chi connectivity index (χ3v) is 5.11. The van der Waals surface area contributed by atoms with Crippen molar-refractivity contribution in [3.63, 3.8) is 0 Å². The molecule has 31 heavy (non-hydrogen) atoms. The summed E-state index contributed by atoms with van der Waals surface area (Å²) in [7, 11) is 4.73. The van der Waals surface area contributed by atoms with Gasteiger partial charge in [-0.1, -0.05) is 0 Å². The second-order valence-electron chi connectivity index (χ2n) is 7.09. The number of carbonyl (C=O) groups is 2. The molecule has 160 valence electrons. The minimum atomic E-state index is -0.339. The molecule has 8 nitrogen and oxygen atoms in total. The number of aromatic nitrogens is 1. The number of nitrogens with zero attached hydrogens (tertiary/aromatic N) is 1. The molecule has 1 aromatic heterocycles. The van der Waals surface area contributed by atoms with E-state index >= 15 is 0 Å². The second-order valence-corrected chi connectivity index (χ2v) is 7.09. The van der Waals surface area contributed by atoms with Crippen LogP contribution in [0.1, 0.15) is 26.4 Å². The zero-order chi connectivity index (χ0) is 22.0. The van der Waals surface area contributed by atoms with Gasteiger partial charge in [0.05, 0.1) is 26.5 Å². The van der Waals surface area contributed by atoms with E-state index in [1.54, 1.807) is 48.1 Å². The lowest BCUT2D eigenvalue weighted by Gasteiger charge is -2.16. The van der Waals surface area contributed by atoms with E-state index in [4.69, 9.17) is 14.2 Å². The quantitative estimate of drug-likeness (QED) is 0.636. The molecule has 0 bridgehead atoms. The number of rotatable bonds is 6. The molecule has 0 aliphatic carbocycles. The van der Waals surface area contributed by atoms with E-state index < -0.39 is 0 Å². The van der Waals surface area contributed by atoms with Crippen molar-refractivity contribution in [3.8, 4) is 17.2 Å². The number of hydrogen-bond acceptors (Lipinski definition) is 5. The highest BCUT2D eigenvalue weighted by Gasteiger charge is 2.20. The van der Waals surface area contributed by atoms with E-state index in [0.29, 0.717) is 40.7 Å². The minimum absolute atomic E-state index is 0.316. The lowest BCUT2D eigenvalue weighted by Crippen LogP contribution is -2.17. The molecular formula is C23H23N3O5. The Morgan fingerprint density at radius 2 is 1.87 bits per heavy atom. The molecule has 4 rings (SSSR count). The first-order chi connectivity index (χ1) is 15.0. The fourth-order valence-electron chi connectivity index (χ4n) is 3.54. The molecule has 2 N–H and O–H groups in total. The number of fused-ring (bicyclic) bond motifs is 1. The summed E-state index contributed by atoms with van der Waals surface area (Å²) < 4.78 is 18.0. The van der Waals surface area contributed by atoms with Crippen molar-refractivity contribution < 1.29 is 23.8 Å². The number of aryl methyl sites for hydroxylation is 1. The van der Waals surface area contributed by atoms with E-state index in [2.05, 4.69) is 10.6 Å². The topological polar surface area (TPSA) is 90.8 Å². The van der Waals surface area contributed by atoms with Crippen LogP contribution in [0.15, 0.2) is 48.7 Å². The molecule has 0 fully saturated rings. The number of carbonyl (C=O) groups excluding carboxylic acids is 2. The second kappa shape index (κ2) is 8.43. The monoisotopic (exact) mass is 421 g/mol. The summed E-state index contributed by atoms with van der Waals surface area (Å²) in [6.07, 6.45) is 2.59. The Kier molecular flexibility index (Phi) is 5.53. The number of hydrogen-bond donors (Lipinski definition) is 2. The number of ether oxygens (including phenoxy) is 3. The lowest BCUT2D eigenvalue weighted by molar-refractivity contribution is 0.101. The van der Waals surface area contributed by atoms with Gasteiger partial charge in [-0.2, -0.15) is 0 Å². The number of amides is 2. The third-order valence-electron chi connectivity index (χ3n) is 5.11. The molecule has 2 amide bonds. The molecule has 3 aromatic rings. The molecule has 0 radical (unpaired) electrons. The fraction of sp³-hybridized carbons (Fsp3) is 0.217. The first kappa shape index (κ1) is 20.3. The van der Waals surface area contributed by atoms with Gasteiger partial charge in [0.2, 0.25) is 0 Å². The van der Waals surface area contributed by atoms with Gasteiger partial charge in [-0.15, -0.1) is 0 Å². The maximum atomic E-state index is 12.9. The van der Waals surface area contributed by atoms with E-state index in [1.165, 1.54) is 14.2 Å². The molecular weight excluding hydrogens is 398 g/mol. The number of anilines is 2. The van der Waals surface area contributed by atoms with Gasteiger partial charge in [0.25, 0.3) is 11.8 Å². The SMILES string of the molecule is COc1cc(C(=O)Nc2ccc3c(c2)CCO3)cc(NC(=O)c2cccn2C)c1OC. The van der Waals surface area contributed by atoms with Gasteiger partial charge in [-0.25, -0.2) is 0 Å². The lowest BCUT2D eigenvalue weighted by atomic mass is 10.1. The zero-order valence-corrected chi connectivity index (χ0v) is 17.5. The summed E-state index contributed by atoms with van der Waals surface area (Å²) in [4.78, 5) is 25.7. The first-order valence-electron chi connectivity index (χ1n) is 9.76. The van der Waals surface area contributed by atoms with Crippen LogP contribution in [-0.2, 0) is 13.5 Å². The highest BCUT2D eigenvalue weighted by molar-refractivity contribution is 6.08. The van der Waals surface area contributed by atoms with Crippen LogP contribution in [-0.4, -0.2) is 37.2 Å². The summed E-state index contributed by atoms with van der Waals surface area (Å²) in [5.41, 5.74) is 2.84. The zero-order valence-electron chi connectivity index (χ0n) is 17.5. The molecule has 0 saturated carbocycles. The van der Waals surface area contributed by atoms with Crippen molar-refractivity contribution in [2.24, 2.45) is 7.05 Å². The van der Waals surface area contributed by atoms with Crippen LogP contribution in [0.4, 0.5) is 11.4 Å². The first-order valence-corrected chi connectivity index (χ1v) is 9.76. The van der Waals surface area contributed by atoms with Crippen molar-refractivity contribution in [2.45, 2.75) is 6.42 Å². The maximum absolute atomic E-state index is 12.9. The van der Waals surface area contributed by atoms with Crippen molar-refractivity contribution in [3.05, 3.63) is 65.5 Å². The standard InChI is InChI=1S/C23H23N3O5/c1-26-9-4-5-18(26)23(28)25-17-12-15(13-20(29-2)21(17)30-3)22(27)24-16-6-7-19-14(11-16)8-10-31-19/h4-7,9,11-13H,8,10H2,1-3H3,(H,24,27)(H,25,28). The van der Waals surface area contributed by atoms with Crippen molar-refractivity contribution >= 4 is 23.2 Å². The van der Waals surface area contributed by atoms with Gasteiger partial charge in [0, 0.05) is 30.9 Å². The summed E-state index contributed by atoms with van der Waals surface area (Å²) >= 11 is 0. The van der Waals surface area contributed by atoms with Crippen LogP contribution in [0.5, 0.6) is 17.2 Å². The summed E-state index contributed by atoms with van der Waals surface area (Å²) in [5, 5.41) is 5.70. The molecule has 0 atom stereocenters. The average Bonchev–Trinajstić information content (AvgIpc) is 3.41. The predicted octanol–water partition coefficient (Wildman–Crippen LogP) is 3.48. The number of methoxy groups -OCH3 is 2. The Hall–Kier alpha value is -3.94. The minimum Gasteiger partial charge on any atom is -0.493 e. The van der Waals surface area contributed by atoms with Gasteiger partial charge in [0.1, 0.15) is 11.4 Å². The van der Waals surface area contributed by atoms with E-state index in [0.717, 1.165) is 17.7 Å². The van der Waals surface area contributed by atoms with Crippen LogP contribution in [0.25, 0.3) is 0 Å². The van der Waals surface area contributed by atoms with Gasteiger partial charge < -0.3 is 29.4 Å². The smallest absolute Gasteiger partial charge is 0.272 e. The Balaban J connectivity index is 1.63. The summed E-state index contributed by atoms with van der Waals surface area (Å²) in [5.74, 6) is 0.837. The summed E-state index contributed by atoms with van der Waals surface area (Å²) in [6, 6.07) is 12.2. The number of benzene rings is 2. The molecule has 1 aliphatic heterocycles. The highest BCUT2D eigenvalue weighted by atomic mass is 16.5. The third kappa shape index (κ3) is 4.05.